The van der Waals surface area contributed by atoms with E-state index in [0.29, 0.717) is 25.0 Å². The maximum atomic E-state index is 13.1. The highest BCUT2D eigenvalue weighted by molar-refractivity contribution is 5.78. The lowest BCUT2D eigenvalue weighted by molar-refractivity contribution is -0.134. The summed E-state index contributed by atoms with van der Waals surface area (Å²) in [5.41, 5.74) is 2.51. The van der Waals surface area contributed by atoms with Crippen molar-refractivity contribution >= 4 is 5.91 Å². The lowest BCUT2D eigenvalue weighted by Crippen LogP contribution is -2.45. The summed E-state index contributed by atoms with van der Waals surface area (Å²) in [5, 5.41) is 3.37. The monoisotopic (exact) mass is 395 g/mol. The zero-order chi connectivity index (χ0) is 20.5. The van der Waals surface area contributed by atoms with E-state index in [4.69, 9.17) is 0 Å². The van der Waals surface area contributed by atoms with E-state index < -0.39 is 0 Å². The van der Waals surface area contributed by atoms with Gasteiger partial charge in [-0.1, -0.05) is 63.4 Å². The molecule has 4 nitrogen and oxygen atoms in total. The standard InChI is InChI=1S/C25H37N3O/c1-21(2)15-16-26-18-25(29)28(23-12-7-4-8-13-23)20-24-14-9-17-27(24)19-22-10-5-3-6-11-22/h3,5-6,9-11,14,17,21,23,26H,4,7-8,12-13,15-16,18-20H2,1-2H3. The molecular weight excluding hydrogens is 358 g/mol. The Hall–Kier alpha value is -2.07. The molecule has 4 heteroatoms. The van der Waals surface area contributed by atoms with Crippen LogP contribution in [-0.2, 0) is 17.9 Å². The van der Waals surface area contributed by atoms with Crippen molar-refractivity contribution in [3.63, 3.8) is 0 Å². The lowest BCUT2D eigenvalue weighted by Gasteiger charge is -2.35. The Morgan fingerprint density at radius 3 is 2.59 bits per heavy atom. The van der Waals surface area contributed by atoms with Gasteiger partial charge in [-0.3, -0.25) is 4.79 Å². The molecule has 0 spiro atoms. The second kappa shape index (κ2) is 11.2. The highest BCUT2D eigenvalue weighted by atomic mass is 16.2. The first-order chi connectivity index (χ1) is 14.1. The summed E-state index contributed by atoms with van der Waals surface area (Å²) in [6.45, 7) is 7.35. The van der Waals surface area contributed by atoms with E-state index in [1.807, 2.05) is 0 Å². The Balaban J connectivity index is 1.67. The van der Waals surface area contributed by atoms with Crippen LogP contribution in [0.5, 0.6) is 0 Å². The Bertz CT molecular complexity index is 732. The molecule has 3 rings (SSSR count). The van der Waals surface area contributed by atoms with Crippen LogP contribution in [0.1, 0.15) is 63.6 Å². The van der Waals surface area contributed by atoms with E-state index in [2.05, 4.69) is 77.3 Å². The van der Waals surface area contributed by atoms with Gasteiger partial charge in [0, 0.05) is 24.5 Å². The minimum absolute atomic E-state index is 0.244. The highest BCUT2D eigenvalue weighted by Crippen LogP contribution is 2.24. The summed E-state index contributed by atoms with van der Waals surface area (Å²) >= 11 is 0. The second-order valence-corrected chi connectivity index (χ2v) is 8.79. The quantitative estimate of drug-likeness (QED) is 0.585. The molecule has 1 fully saturated rings. The Morgan fingerprint density at radius 1 is 1.10 bits per heavy atom. The molecule has 0 unspecified atom stereocenters. The maximum Gasteiger partial charge on any atom is 0.237 e. The fraction of sp³-hybridized carbons (Fsp3) is 0.560. The van der Waals surface area contributed by atoms with Crippen LogP contribution in [0.3, 0.4) is 0 Å². The van der Waals surface area contributed by atoms with Gasteiger partial charge >= 0.3 is 0 Å². The summed E-state index contributed by atoms with van der Waals surface area (Å²) < 4.78 is 2.28. The first kappa shape index (κ1) is 21.6. The topological polar surface area (TPSA) is 37.3 Å². The summed E-state index contributed by atoms with van der Waals surface area (Å²) in [6.07, 6.45) is 9.29. The molecule has 0 aliphatic heterocycles. The molecular formula is C25H37N3O. The predicted octanol–water partition coefficient (Wildman–Crippen LogP) is 4.83. The molecule has 2 aromatic rings. The van der Waals surface area contributed by atoms with Gasteiger partial charge in [-0.05, 0) is 49.4 Å². The summed E-state index contributed by atoms with van der Waals surface area (Å²) in [4.78, 5) is 15.3. The van der Waals surface area contributed by atoms with Gasteiger partial charge in [0.1, 0.15) is 0 Å². The highest BCUT2D eigenvalue weighted by Gasteiger charge is 2.26. The van der Waals surface area contributed by atoms with E-state index in [1.165, 1.54) is 30.5 Å². The third-order valence-corrected chi connectivity index (χ3v) is 5.96. The minimum Gasteiger partial charge on any atom is -0.345 e. The van der Waals surface area contributed by atoms with Crippen molar-refractivity contribution in [2.75, 3.05) is 13.1 Å². The first-order valence-electron chi connectivity index (χ1n) is 11.3. The largest absolute Gasteiger partial charge is 0.345 e. The van der Waals surface area contributed by atoms with Crippen molar-refractivity contribution in [1.29, 1.82) is 0 Å². The Labute approximate surface area is 176 Å². The second-order valence-electron chi connectivity index (χ2n) is 8.79. The van der Waals surface area contributed by atoms with Crippen molar-refractivity contribution < 1.29 is 4.79 Å². The smallest absolute Gasteiger partial charge is 0.237 e. The molecule has 1 heterocycles. The lowest BCUT2D eigenvalue weighted by atomic mass is 9.94. The van der Waals surface area contributed by atoms with Crippen LogP contribution in [0.2, 0.25) is 0 Å². The van der Waals surface area contributed by atoms with Crippen molar-refractivity contribution in [2.45, 2.75) is 71.5 Å². The fourth-order valence-electron chi connectivity index (χ4n) is 4.20. The number of carbonyl (C=O) groups is 1. The van der Waals surface area contributed by atoms with Gasteiger partial charge in [-0.2, -0.15) is 0 Å². The third kappa shape index (κ3) is 6.74. The number of carbonyl (C=O) groups excluding carboxylic acids is 1. The molecule has 1 aliphatic carbocycles. The number of nitrogens with zero attached hydrogens (tertiary/aromatic N) is 2. The van der Waals surface area contributed by atoms with Crippen LogP contribution < -0.4 is 5.32 Å². The molecule has 1 N–H and O–H groups in total. The van der Waals surface area contributed by atoms with Crippen molar-refractivity contribution in [2.24, 2.45) is 5.92 Å². The first-order valence-corrected chi connectivity index (χ1v) is 11.3. The van der Waals surface area contributed by atoms with E-state index in [0.717, 1.165) is 32.4 Å². The van der Waals surface area contributed by atoms with Gasteiger partial charge in [0.25, 0.3) is 0 Å². The van der Waals surface area contributed by atoms with E-state index in [-0.39, 0.29) is 5.91 Å². The number of hydrogen-bond acceptors (Lipinski definition) is 2. The van der Waals surface area contributed by atoms with Crippen molar-refractivity contribution in [1.82, 2.24) is 14.8 Å². The zero-order valence-electron chi connectivity index (χ0n) is 18.1. The van der Waals surface area contributed by atoms with Gasteiger partial charge in [-0.25, -0.2) is 0 Å². The molecule has 1 amide bonds. The Kier molecular flexibility index (Phi) is 8.36. The van der Waals surface area contributed by atoms with Gasteiger partial charge in [0.15, 0.2) is 0 Å². The van der Waals surface area contributed by atoms with Crippen molar-refractivity contribution in [3.05, 3.63) is 59.9 Å². The summed E-state index contributed by atoms with van der Waals surface area (Å²) in [5.74, 6) is 0.904. The molecule has 1 aliphatic rings. The predicted molar refractivity (Wildman–Crippen MR) is 120 cm³/mol. The number of aromatic nitrogens is 1. The normalized spacial score (nSPS) is 15.0. The molecule has 0 saturated heterocycles. The van der Waals surface area contributed by atoms with Crippen LogP contribution in [-0.4, -0.2) is 34.5 Å². The molecule has 1 saturated carbocycles. The SMILES string of the molecule is CC(C)CCNCC(=O)N(Cc1cccn1Cc1ccccc1)C1CCCCC1. The third-order valence-electron chi connectivity index (χ3n) is 5.96. The van der Waals surface area contributed by atoms with E-state index in [9.17, 15) is 4.79 Å². The number of hydrogen-bond donors (Lipinski definition) is 1. The number of nitrogens with one attached hydrogen (secondary N) is 1. The average Bonchev–Trinajstić information content (AvgIpc) is 3.17. The molecule has 0 radical (unpaired) electrons. The summed E-state index contributed by atoms with van der Waals surface area (Å²) in [7, 11) is 0. The van der Waals surface area contributed by atoms with Gasteiger partial charge < -0.3 is 14.8 Å². The van der Waals surface area contributed by atoms with Crippen LogP contribution in [0.25, 0.3) is 0 Å². The molecule has 0 atom stereocenters. The molecule has 0 bridgehead atoms. The van der Waals surface area contributed by atoms with Crippen LogP contribution >= 0.6 is 0 Å². The minimum atomic E-state index is 0.244. The van der Waals surface area contributed by atoms with Crippen LogP contribution in [0, 0.1) is 5.92 Å². The molecule has 29 heavy (non-hydrogen) atoms. The number of amides is 1. The van der Waals surface area contributed by atoms with Crippen LogP contribution in [0.4, 0.5) is 0 Å². The van der Waals surface area contributed by atoms with Gasteiger partial charge in [-0.15, -0.1) is 0 Å². The van der Waals surface area contributed by atoms with Gasteiger partial charge in [0.05, 0.1) is 13.1 Å². The van der Waals surface area contributed by atoms with E-state index in [1.54, 1.807) is 0 Å². The van der Waals surface area contributed by atoms with Gasteiger partial charge in [0.2, 0.25) is 5.91 Å². The number of rotatable bonds is 10. The molecule has 1 aromatic heterocycles. The van der Waals surface area contributed by atoms with E-state index >= 15 is 0 Å². The average molecular weight is 396 g/mol. The number of benzene rings is 1. The zero-order valence-corrected chi connectivity index (χ0v) is 18.1. The van der Waals surface area contributed by atoms with Crippen molar-refractivity contribution in [3.8, 4) is 0 Å². The molecule has 1 aromatic carbocycles. The fourth-order valence-corrected chi connectivity index (χ4v) is 4.20. The summed E-state index contributed by atoms with van der Waals surface area (Å²) in [6, 6.07) is 15.2. The van der Waals surface area contributed by atoms with Crippen LogP contribution in [0.15, 0.2) is 48.7 Å². The molecule has 158 valence electrons. The maximum absolute atomic E-state index is 13.1. The Morgan fingerprint density at radius 2 is 1.86 bits per heavy atom.